The van der Waals surface area contributed by atoms with Gasteiger partial charge < -0.3 is 4.90 Å². The summed E-state index contributed by atoms with van der Waals surface area (Å²) < 4.78 is 0. The van der Waals surface area contributed by atoms with Crippen molar-refractivity contribution >= 4 is 11.6 Å². The molecule has 0 fully saturated rings. The molecule has 0 saturated carbocycles. The van der Waals surface area contributed by atoms with Crippen molar-refractivity contribution in [3.63, 3.8) is 0 Å². The van der Waals surface area contributed by atoms with E-state index >= 15 is 0 Å². The number of Topliss-reactive ketones (excluding diaryl/α,β-unsaturated/α-hetero) is 1. The molecule has 1 heterocycles. The van der Waals surface area contributed by atoms with Crippen LogP contribution in [0, 0.1) is 0 Å². The molecule has 0 atom stereocenters. The fourth-order valence-electron chi connectivity index (χ4n) is 1.07. The van der Waals surface area contributed by atoms with Crippen molar-refractivity contribution < 1.29 is 4.79 Å². The molecule has 0 saturated heterocycles. The van der Waals surface area contributed by atoms with Crippen molar-refractivity contribution in [2.75, 3.05) is 11.9 Å². The predicted molar refractivity (Wildman–Crippen MR) is 57.8 cm³/mol. The highest BCUT2D eigenvalue weighted by molar-refractivity contribution is 5.93. The maximum atomic E-state index is 11.0. The number of aromatic nitrogens is 1. The van der Waals surface area contributed by atoms with Gasteiger partial charge in [0.05, 0.1) is 0 Å². The van der Waals surface area contributed by atoms with Crippen LogP contribution >= 0.6 is 0 Å². The Balaban J connectivity index is 2.88. The van der Waals surface area contributed by atoms with Gasteiger partial charge in [-0.15, -0.1) is 0 Å². The van der Waals surface area contributed by atoms with E-state index < -0.39 is 0 Å². The van der Waals surface area contributed by atoms with Crippen LogP contribution in [0.25, 0.3) is 0 Å². The average Bonchev–Trinajstić information content (AvgIpc) is 2.16. The average molecular weight is 192 g/mol. The fraction of sp³-hybridized carbons (Fsp3) is 0.455. The molecule has 0 spiro atoms. The van der Waals surface area contributed by atoms with E-state index in [-0.39, 0.29) is 5.78 Å². The summed E-state index contributed by atoms with van der Waals surface area (Å²) in [6.45, 7) is 5.74. The van der Waals surface area contributed by atoms with Gasteiger partial charge in [0.2, 0.25) is 0 Å². The van der Waals surface area contributed by atoms with Crippen LogP contribution in [-0.4, -0.2) is 23.9 Å². The lowest BCUT2D eigenvalue weighted by Gasteiger charge is -2.22. The molecule has 1 aromatic heterocycles. The largest absolute Gasteiger partial charge is 0.357 e. The summed E-state index contributed by atoms with van der Waals surface area (Å²) in [7, 11) is 1.99. The fourth-order valence-corrected chi connectivity index (χ4v) is 1.07. The van der Waals surface area contributed by atoms with Crippen LogP contribution in [0.4, 0.5) is 5.82 Å². The summed E-state index contributed by atoms with van der Waals surface area (Å²) >= 11 is 0. The highest BCUT2D eigenvalue weighted by Gasteiger charge is 2.06. The zero-order chi connectivity index (χ0) is 10.7. The van der Waals surface area contributed by atoms with E-state index in [1.54, 1.807) is 13.1 Å². The minimum Gasteiger partial charge on any atom is -0.357 e. The minimum absolute atomic E-state index is 0.0521. The number of ketones is 1. The molecule has 0 unspecified atom stereocenters. The summed E-state index contributed by atoms with van der Waals surface area (Å²) in [4.78, 5) is 17.3. The lowest BCUT2D eigenvalue weighted by Crippen LogP contribution is -2.26. The number of rotatable bonds is 3. The Morgan fingerprint density at radius 1 is 1.43 bits per heavy atom. The maximum absolute atomic E-state index is 11.0. The van der Waals surface area contributed by atoms with Crippen molar-refractivity contribution in [2.24, 2.45) is 0 Å². The second-order valence-corrected chi connectivity index (χ2v) is 3.67. The number of anilines is 1. The van der Waals surface area contributed by atoms with Crippen molar-refractivity contribution in [1.29, 1.82) is 0 Å². The van der Waals surface area contributed by atoms with Gasteiger partial charge in [-0.1, -0.05) is 0 Å². The third kappa shape index (κ3) is 2.31. The molecule has 0 amide bonds. The van der Waals surface area contributed by atoms with Crippen LogP contribution < -0.4 is 4.90 Å². The van der Waals surface area contributed by atoms with Crippen LogP contribution in [0.1, 0.15) is 31.1 Å². The first-order valence-electron chi connectivity index (χ1n) is 4.72. The van der Waals surface area contributed by atoms with Crippen molar-refractivity contribution in [1.82, 2.24) is 4.98 Å². The van der Waals surface area contributed by atoms with Crippen LogP contribution in [0.3, 0.4) is 0 Å². The maximum Gasteiger partial charge on any atom is 0.161 e. The minimum atomic E-state index is 0.0521. The number of nitrogens with zero attached hydrogens (tertiary/aromatic N) is 2. The lowest BCUT2D eigenvalue weighted by atomic mass is 10.2. The van der Waals surface area contributed by atoms with Crippen LogP contribution in [0.2, 0.25) is 0 Å². The monoisotopic (exact) mass is 192 g/mol. The standard InChI is InChI=1S/C11H16N2O/c1-8(2)13(4)11-6-5-10(7-12-11)9(3)14/h5-8H,1-4H3. The molecule has 3 nitrogen and oxygen atoms in total. The summed E-state index contributed by atoms with van der Waals surface area (Å²) in [5.41, 5.74) is 0.658. The summed E-state index contributed by atoms with van der Waals surface area (Å²) in [5, 5.41) is 0. The van der Waals surface area contributed by atoms with Gasteiger partial charge in [0.1, 0.15) is 5.82 Å². The van der Waals surface area contributed by atoms with Crippen molar-refractivity contribution in [3.8, 4) is 0 Å². The predicted octanol–water partition coefficient (Wildman–Crippen LogP) is 2.13. The Bertz CT molecular complexity index is 317. The van der Waals surface area contributed by atoms with E-state index in [2.05, 4.69) is 23.7 Å². The van der Waals surface area contributed by atoms with Gasteiger partial charge >= 0.3 is 0 Å². The number of hydrogen-bond acceptors (Lipinski definition) is 3. The number of carbonyl (C=O) groups is 1. The quantitative estimate of drug-likeness (QED) is 0.688. The van der Waals surface area contributed by atoms with Gasteiger partial charge in [-0.2, -0.15) is 0 Å². The van der Waals surface area contributed by atoms with E-state index in [0.717, 1.165) is 5.82 Å². The third-order valence-corrected chi connectivity index (χ3v) is 2.29. The van der Waals surface area contributed by atoms with Gasteiger partial charge in [0, 0.05) is 24.8 Å². The van der Waals surface area contributed by atoms with E-state index in [9.17, 15) is 4.79 Å². The molecule has 0 bridgehead atoms. The molecule has 0 radical (unpaired) electrons. The molecular formula is C11H16N2O. The number of pyridine rings is 1. The molecule has 0 aliphatic rings. The molecule has 0 aliphatic carbocycles. The first-order chi connectivity index (χ1) is 6.52. The smallest absolute Gasteiger partial charge is 0.161 e. The Hall–Kier alpha value is -1.38. The lowest BCUT2D eigenvalue weighted by molar-refractivity contribution is 0.101. The zero-order valence-corrected chi connectivity index (χ0v) is 9.11. The molecule has 0 aromatic carbocycles. The highest BCUT2D eigenvalue weighted by atomic mass is 16.1. The zero-order valence-electron chi connectivity index (χ0n) is 9.11. The molecule has 14 heavy (non-hydrogen) atoms. The molecule has 1 aromatic rings. The number of hydrogen-bond donors (Lipinski definition) is 0. The SMILES string of the molecule is CC(=O)c1ccc(N(C)C(C)C)nc1. The van der Waals surface area contributed by atoms with E-state index in [1.807, 2.05) is 19.2 Å². The number of carbonyl (C=O) groups excluding carboxylic acids is 1. The first-order valence-corrected chi connectivity index (χ1v) is 4.72. The summed E-state index contributed by atoms with van der Waals surface area (Å²) in [5.74, 6) is 0.946. The molecule has 76 valence electrons. The Labute approximate surface area is 84.8 Å². The first kappa shape index (κ1) is 10.7. The van der Waals surface area contributed by atoms with Crippen molar-refractivity contribution in [2.45, 2.75) is 26.8 Å². The van der Waals surface area contributed by atoms with Crippen molar-refractivity contribution in [3.05, 3.63) is 23.9 Å². The molecular weight excluding hydrogens is 176 g/mol. The Morgan fingerprint density at radius 3 is 2.43 bits per heavy atom. The molecule has 0 aliphatic heterocycles. The molecule has 0 N–H and O–H groups in total. The highest BCUT2D eigenvalue weighted by Crippen LogP contribution is 2.12. The van der Waals surface area contributed by atoms with Gasteiger partial charge in [-0.25, -0.2) is 4.98 Å². The van der Waals surface area contributed by atoms with Gasteiger partial charge in [-0.3, -0.25) is 4.79 Å². The molecule has 1 rings (SSSR count). The van der Waals surface area contributed by atoms with Gasteiger partial charge in [0.15, 0.2) is 5.78 Å². The van der Waals surface area contributed by atoms with Gasteiger partial charge in [-0.05, 0) is 32.9 Å². The normalized spacial score (nSPS) is 10.4. The topological polar surface area (TPSA) is 33.2 Å². The second kappa shape index (κ2) is 4.22. The van der Waals surface area contributed by atoms with Crippen LogP contribution in [-0.2, 0) is 0 Å². The summed E-state index contributed by atoms with van der Waals surface area (Å²) in [6, 6.07) is 4.09. The van der Waals surface area contributed by atoms with E-state index in [1.165, 1.54) is 0 Å². The second-order valence-electron chi connectivity index (χ2n) is 3.67. The van der Waals surface area contributed by atoms with E-state index in [4.69, 9.17) is 0 Å². The third-order valence-electron chi connectivity index (χ3n) is 2.29. The van der Waals surface area contributed by atoms with Crippen LogP contribution in [0.5, 0.6) is 0 Å². The van der Waals surface area contributed by atoms with Crippen LogP contribution in [0.15, 0.2) is 18.3 Å². The Kier molecular flexibility index (Phi) is 3.23. The summed E-state index contributed by atoms with van der Waals surface area (Å²) in [6.07, 6.45) is 1.62. The van der Waals surface area contributed by atoms with Gasteiger partial charge in [0.25, 0.3) is 0 Å². The van der Waals surface area contributed by atoms with E-state index in [0.29, 0.717) is 11.6 Å². The molecule has 3 heteroatoms. The Morgan fingerprint density at radius 2 is 2.07 bits per heavy atom.